The summed E-state index contributed by atoms with van der Waals surface area (Å²) in [5.74, 6) is 1.47. The van der Waals surface area contributed by atoms with Crippen LogP contribution in [-0.4, -0.2) is 22.6 Å². The van der Waals surface area contributed by atoms with E-state index in [1.165, 1.54) is 5.56 Å². The molecule has 6 heteroatoms. The fourth-order valence-electron chi connectivity index (χ4n) is 3.32. The van der Waals surface area contributed by atoms with Gasteiger partial charge in [-0.05, 0) is 35.7 Å². The Morgan fingerprint density at radius 1 is 1.19 bits per heavy atom. The van der Waals surface area contributed by atoms with E-state index in [-0.39, 0.29) is 11.8 Å². The summed E-state index contributed by atoms with van der Waals surface area (Å²) in [5, 5.41) is 4.10. The van der Waals surface area contributed by atoms with Gasteiger partial charge in [-0.3, -0.25) is 4.79 Å². The molecule has 0 saturated carbocycles. The fraction of sp³-hybridized carbons (Fsp3) is 0.286. The lowest BCUT2D eigenvalue weighted by Gasteiger charge is -2.18. The molecule has 4 rings (SSSR count). The number of rotatable bonds is 4. The molecule has 1 unspecified atom stereocenters. The molecule has 0 radical (unpaired) electrons. The van der Waals surface area contributed by atoms with Gasteiger partial charge in [-0.1, -0.05) is 59.2 Å². The zero-order chi connectivity index (χ0) is 19.0. The first-order valence-corrected chi connectivity index (χ1v) is 9.80. The van der Waals surface area contributed by atoms with Gasteiger partial charge in [0.2, 0.25) is 17.6 Å². The molecule has 1 atom stereocenters. The highest BCUT2D eigenvalue weighted by Gasteiger charge is 2.35. The van der Waals surface area contributed by atoms with Crippen LogP contribution in [0.4, 0.5) is 5.69 Å². The van der Waals surface area contributed by atoms with E-state index < -0.39 is 0 Å². The minimum atomic E-state index is -0.0893. The SMILES string of the molecule is CC(C)c1cccc(N2CC(c3nc(-c4cccc(Br)c4)no3)CC2=O)c1. The van der Waals surface area contributed by atoms with Gasteiger partial charge < -0.3 is 9.42 Å². The number of hydrogen-bond acceptors (Lipinski definition) is 4. The number of amides is 1. The number of halogens is 1. The first-order valence-electron chi connectivity index (χ1n) is 9.01. The number of carbonyl (C=O) groups excluding carboxylic acids is 1. The van der Waals surface area contributed by atoms with Gasteiger partial charge in [0.25, 0.3) is 0 Å². The van der Waals surface area contributed by atoms with Crippen LogP contribution < -0.4 is 4.90 Å². The molecule has 0 aliphatic carbocycles. The van der Waals surface area contributed by atoms with Crippen molar-refractivity contribution in [2.45, 2.75) is 32.1 Å². The van der Waals surface area contributed by atoms with Crippen LogP contribution >= 0.6 is 15.9 Å². The third-order valence-electron chi connectivity index (χ3n) is 4.85. The molecule has 1 aliphatic heterocycles. The van der Waals surface area contributed by atoms with Gasteiger partial charge in [-0.2, -0.15) is 4.98 Å². The summed E-state index contributed by atoms with van der Waals surface area (Å²) in [6.07, 6.45) is 0.381. The summed E-state index contributed by atoms with van der Waals surface area (Å²) >= 11 is 3.45. The second-order valence-corrected chi connectivity index (χ2v) is 8.04. The number of anilines is 1. The van der Waals surface area contributed by atoms with Crippen LogP contribution in [-0.2, 0) is 4.79 Å². The Morgan fingerprint density at radius 3 is 2.78 bits per heavy atom. The van der Waals surface area contributed by atoms with Crippen LogP contribution in [0.25, 0.3) is 11.4 Å². The number of hydrogen-bond donors (Lipinski definition) is 0. The minimum Gasteiger partial charge on any atom is -0.339 e. The van der Waals surface area contributed by atoms with E-state index in [4.69, 9.17) is 4.52 Å². The maximum Gasteiger partial charge on any atom is 0.232 e. The molecule has 3 aromatic rings. The van der Waals surface area contributed by atoms with Crippen molar-refractivity contribution >= 4 is 27.5 Å². The standard InChI is InChI=1S/C21H20BrN3O2/c1-13(2)14-5-4-8-18(10-14)25-12-16(11-19(25)26)21-23-20(24-27-21)15-6-3-7-17(22)9-15/h3-10,13,16H,11-12H2,1-2H3. The number of carbonyl (C=O) groups is 1. The Bertz CT molecular complexity index is 983. The number of aromatic nitrogens is 2. The van der Waals surface area contributed by atoms with Gasteiger partial charge in [-0.15, -0.1) is 0 Å². The van der Waals surface area contributed by atoms with Crippen LogP contribution in [0.5, 0.6) is 0 Å². The van der Waals surface area contributed by atoms with Crippen molar-refractivity contribution in [3.63, 3.8) is 0 Å². The molecular weight excluding hydrogens is 406 g/mol. The van der Waals surface area contributed by atoms with Gasteiger partial charge in [0.05, 0.1) is 5.92 Å². The van der Waals surface area contributed by atoms with Gasteiger partial charge in [0.15, 0.2) is 0 Å². The molecule has 1 fully saturated rings. The monoisotopic (exact) mass is 425 g/mol. The van der Waals surface area contributed by atoms with Crippen molar-refractivity contribution in [1.29, 1.82) is 0 Å². The molecular formula is C21H20BrN3O2. The summed E-state index contributed by atoms with van der Waals surface area (Å²) in [4.78, 5) is 18.9. The van der Waals surface area contributed by atoms with Crippen molar-refractivity contribution in [2.75, 3.05) is 11.4 Å². The van der Waals surface area contributed by atoms with E-state index in [1.54, 1.807) is 0 Å². The van der Waals surface area contributed by atoms with Crippen LogP contribution in [0.3, 0.4) is 0 Å². The summed E-state index contributed by atoms with van der Waals surface area (Å²) in [6, 6.07) is 15.9. The molecule has 0 N–H and O–H groups in total. The third kappa shape index (κ3) is 3.67. The molecule has 0 bridgehead atoms. The van der Waals surface area contributed by atoms with Gasteiger partial charge in [0, 0.05) is 28.7 Å². The predicted molar refractivity (Wildman–Crippen MR) is 108 cm³/mol. The Balaban J connectivity index is 1.55. The Kier molecular flexibility index (Phi) is 4.83. The molecule has 138 valence electrons. The topological polar surface area (TPSA) is 59.2 Å². The van der Waals surface area contributed by atoms with Crippen LogP contribution in [0.15, 0.2) is 57.5 Å². The molecule has 27 heavy (non-hydrogen) atoms. The molecule has 1 amide bonds. The van der Waals surface area contributed by atoms with Crippen LogP contribution in [0, 0.1) is 0 Å². The van der Waals surface area contributed by atoms with Crippen LogP contribution in [0.2, 0.25) is 0 Å². The largest absolute Gasteiger partial charge is 0.339 e. The highest BCUT2D eigenvalue weighted by molar-refractivity contribution is 9.10. The highest BCUT2D eigenvalue weighted by Crippen LogP contribution is 2.33. The van der Waals surface area contributed by atoms with Crippen molar-refractivity contribution in [1.82, 2.24) is 10.1 Å². The first-order chi connectivity index (χ1) is 13.0. The lowest BCUT2D eigenvalue weighted by atomic mass is 10.0. The molecule has 5 nitrogen and oxygen atoms in total. The fourth-order valence-corrected chi connectivity index (χ4v) is 3.72. The zero-order valence-electron chi connectivity index (χ0n) is 15.2. The Morgan fingerprint density at radius 2 is 2.00 bits per heavy atom. The Hall–Kier alpha value is -2.47. The van der Waals surface area contributed by atoms with E-state index >= 15 is 0 Å². The van der Waals surface area contributed by atoms with E-state index in [0.717, 1.165) is 15.7 Å². The zero-order valence-corrected chi connectivity index (χ0v) is 16.8. The average molecular weight is 426 g/mol. The normalized spacial score (nSPS) is 17.1. The van der Waals surface area contributed by atoms with Crippen molar-refractivity contribution < 1.29 is 9.32 Å². The van der Waals surface area contributed by atoms with Gasteiger partial charge >= 0.3 is 0 Å². The van der Waals surface area contributed by atoms with Crippen LogP contribution in [0.1, 0.15) is 43.6 Å². The molecule has 0 spiro atoms. The van der Waals surface area contributed by atoms with Crippen molar-refractivity contribution in [3.05, 3.63) is 64.5 Å². The molecule has 1 saturated heterocycles. The maximum absolute atomic E-state index is 12.6. The average Bonchev–Trinajstić information content (AvgIpc) is 3.28. The van der Waals surface area contributed by atoms with E-state index in [9.17, 15) is 4.79 Å². The van der Waals surface area contributed by atoms with Crippen molar-refractivity contribution in [2.24, 2.45) is 0 Å². The maximum atomic E-state index is 12.6. The summed E-state index contributed by atoms with van der Waals surface area (Å²) in [6.45, 7) is 4.85. The second-order valence-electron chi connectivity index (χ2n) is 7.12. The van der Waals surface area contributed by atoms with Crippen molar-refractivity contribution in [3.8, 4) is 11.4 Å². The minimum absolute atomic E-state index is 0.0862. The molecule has 1 aromatic heterocycles. The lowest BCUT2D eigenvalue weighted by molar-refractivity contribution is -0.117. The molecule has 1 aliphatic rings. The first kappa shape index (κ1) is 17.9. The molecule has 2 heterocycles. The quantitative estimate of drug-likeness (QED) is 0.580. The third-order valence-corrected chi connectivity index (χ3v) is 5.34. The summed E-state index contributed by atoms with van der Waals surface area (Å²) in [5.41, 5.74) is 3.03. The summed E-state index contributed by atoms with van der Waals surface area (Å²) < 4.78 is 6.44. The van der Waals surface area contributed by atoms with Gasteiger partial charge in [0.1, 0.15) is 0 Å². The number of nitrogens with zero attached hydrogens (tertiary/aromatic N) is 3. The highest BCUT2D eigenvalue weighted by atomic mass is 79.9. The van der Waals surface area contributed by atoms with E-state index in [1.807, 2.05) is 41.3 Å². The Labute approximate surface area is 166 Å². The smallest absolute Gasteiger partial charge is 0.232 e. The second kappa shape index (κ2) is 7.27. The predicted octanol–water partition coefficient (Wildman–Crippen LogP) is 5.14. The lowest BCUT2D eigenvalue weighted by Crippen LogP contribution is -2.24. The van der Waals surface area contributed by atoms with E-state index in [2.05, 4.69) is 52.1 Å². The van der Waals surface area contributed by atoms with E-state index in [0.29, 0.717) is 30.6 Å². The molecule has 2 aromatic carbocycles. The summed E-state index contributed by atoms with van der Waals surface area (Å²) in [7, 11) is 0. The number of benzene rings is 2. The van der Waals surface area contributed by atoms with Gasteiger partial charge in [-0.25, -0.2) is 0 Å².